The summed E-state index contributed by atoms with van der Waals surface area (Å²) in [6, 6.07) is 7.25. The number of hydrogen-bond donors (Lipinski definition) is 2. The zero-order valence-electron chi connectivity index (χ0n) is 19.9. The summed E-state index contributed by atoms with van der Waals surface area (Å²) in [7, 11) is 1.48. The van der Waals surface area contributed by atoms with Crippen molar-refractivity contribution in [1.29, 1.82) is 0 Å². The summed E-state index contributed by atoms with van der Waals surface area (Å²) in [5.41, 5.74) is 5.13. The van der Waals surface area contributed by atoms with Gasteiger partial charge in [0.2, 0.25) is 0 Å². The van der Waals surface area contributed by atoms with Crippen LogP contribution in [0.15, 0.2) is 30.5 Å². The highest BCUT2D eigenvalue weighted by atomic mass is 19.1. The molecule has 3 heterocycles. The number of aromatic amines is 1. The largest absolute Gasteiger partial charge is 0.479 e. The minimum absolute atomic E-state index is 0.137. The van der Waals surface area contributed by atoms with E-state index in [4.69, 9.17) is 9.72 Å². The van der Waals surface area contributed by atoms with Gasteiger partial charge in [-0.05, 0) is 74.3 Å². The average molecular weight is 465 g/mol. The zero-order chi connectivity index (χ0) is 24.2. The minimum atomic E-state index is -1.13. The first-order chi connectivity index (χ1) is 16.3. The van der Waals surface area contributed by atoms with Gasteiger partial charge in [-0.2, -0.15) is 5.10 Å². The fourth-order valence-corrected chi connectivity index (χ4v) is 5.50. The number of benzene rings is 1. The number of aliphatic carboxylic acids is 1. The van der Waals surface area contributed by atoms with E-state index in [2.05, 4.69) is 34.7 Å². The van der Waals surface area contributed by atoms with Crippen LogP contribution in [0.4, 0.5) is 4.39 Å². The molecule has 0 saturated heterocycles. The van der Waals surface area contributed by atoms with E-state index in [1.807, 2.05) is 6.07 Å². The van der Waals surface area contributed by atoms with Crippen molar-refractivity contribution < 1.29 is 19.0 Å². The van der Waals surface area contributed by atoms with Gasteiger partial charge >= 0.3 is 5.97 Å². The lowest BCUT2D eigenvalue weighted by molar-refractivity contribution is -0.166. The van der Waals surface area contributed by atoms with E-state index in [1.165, 1.54) is 13.2 Å². The normalized spacial score (nSPS) is 21.1. The van der Waals surface area contributed by atoms with Crippen LogP contribution in [0.1, 0.15) is 68.2 Å². The standard InChI is InChI=1S/C26H29FN4O3/c1-14(2)23-21(16-7-9-26(34-4,10-8-16)25(32)33)22-20(12-17-13-28-30-24(17)29-22)31(23)18-5-6-19(27)15(3)11-18/h5-6,11-14,16H,7-10H2,1-4H3,(H,32,33)(H,28,29,30)/t16-,26+. The Hall–Kier alpha value is -3.26. The maximum atomic E-state index is 14.1. The highest BCUT2D eigenvalue weighted by molar-refractivity contribution is 5.93. The first-order valence-electron chi connectivity index (χ1n) is 11.7. The van der Waals surface area contributed by atoms with Crippen molar-refractivity contribution in [3.8, 4) is 5.69 Å². The maximum Gasteiger partial charge on any atom is 0.335 e. The summed E-state index contributed by atoms with van der Waals surface area (Å²) in [5, 5.41) is 17.8. The van der Waals surface area contributed by atoms with E-state index < -0.39 is 11.6 Å². The second-order valence-electron chi connectivity index (χ2n) is 9.66. The molecule has 3 aromatic heterocycles. The van der Waals surface area contributed by atoms with Crippen molar-refractivity contribution in [2.24, 2.45) is 0 Å². The Balaban J connectivity index is 1.75. The van der Waals surface area contributed by atoms with Gasteiger partial charge < -0.3 is 14.4 Å². The van der Waals surface area contributed by atoms with Gasteiger partial charge in [0.25, 0.3) is 0 Å². The van der Waals surface area contributed by atoms with Crippen LogP contribution >= 0.6 is 0 Å². The van der Waals surface area contributed by atoms with Crippen molar-refractivity contribution >= 4 is 28.0 Å². The highest BCUT2D eigenvalue weighted by Gasteiger charge is 2.44. The molecule has 1 saturated carbocycles. The number of halogens is 1. The number of fused-ring (bicyclic) bond motifs is 2. The lowest BCUT2D eigenvalue weighted by Crippen LogP contribution is -2.43. The number of H-pyrrole nitrogens is 1. The van der Waals surface area contributed by atoms with Crippen molar-refractivity contribution in [3.63, 3.8) is 0 Å². The van der Waals surface area contributed by atoms with Crippen LogP contribution in [0.25, 0.3) is 27.8 Å². The van der Waals surface area contributed by atoms with Gasteiger partial charge in [-0.1, -0.05) is 13.8 Å². The quantitative estimate of drug-likeness (QED) is 0.401. The smallest absolute Gasteiger partial charge is 0.335 e. The topological polar surface area (TPSA) is 93.0 Å². The fraction of sp³-hybridized carbons (Fsp3) is 0.423. The molecule has 0 bridgehead atoms. The van der Waals surface area contributed by atoms with Crippen molar-refractivity contribution in [1.82, 2.24) is 19.7 Å². The third-order valence-corrected chi connectivity index (χ3v) is 7.35. The number of carboxylic acid groups (broad SMARTS) is 1. The Morgan fingerprint density at radius 3 is 2.65 bits per heavy atom. The molecule has 5 rings (SSSR count). The molecule has 1 aliphatic rings. The van der Waals surface area contributed by atoms with E-state index in [0.717, 1.165) is 33.4 Å². The van der Waals surface area contributed by atoms with Crippen LogP contribution in [0.5, 0.6) is 0 Å². The molecule has 0 spiro atoms. The van der Waals surface area contributed by atoms with Crippen LogP contribution in [-0.4, -0.2) is 43.5 Å². The second-order valence-corrected chi connectivity index (χ2v) is 9.66. The molecule has 0 atom stereocenters. The Labute approximate surface area is 196 Å². The molecule has 7 nitrogen and oxygen atoms in total. The van der Waals surface area contributed by atoms with E-state index in [-0.39, 0.29) is 17.7 Å². The molecule has 0 unspecified atom stereocenters. The molecular weight excluding hydrogens is 435 g/mol. The number of aryl methyl sites for hydroxylation is 1. The summed E-state index contributed by atoms with van der Waals surface area (Å²) in [4.78, 5) is 16.9. The lowest BCUT2D eigenvalue weighted by atomic mass is 9.75. The van der Waals surface area contributed by atoms with Crippen molar-refractivity contribution in [2.45, 2.75) is 63.9 Å². The zero-order valence-corrected chi connectivity index (χ0v) is 19.9. The Kier molecular flexibility index (Phi) is 5.43. The summed E-state index contributed by atoms with van der Waals surface area (Å²) < 4.78 is 21.8. The number of nitrogens with one attached hydrogen (secondary N) is 1. The van der Waals surface area contributed by atoms with Crippen molar-refractivity contribution in [3.05, 3.63) is 53.1 Å². The number of nitrogens with zero attached hydrogens (tertiary/aromatic N) is 3. The second kappa shape index (κ2) is 8.20. The number of aromatic nitrogens is 4. The van der Waals surface area contributed by atoms with Gasteiger partial charge in [0, 0.05) is 29.4 Å². The third-order valence-electron chi connectivity index (χ3n) is 7.35. The van der Waals surface area contributed by atoms with Crippen LogP contribution in [0.2, 0.25) is 0 Å². The Bertz CT molecular complexity index is 1400. The number of methoxy groups -OCH3 is 1. The summed E-state index contributed by atoms with van der Waals surface area (Å²) in [6.07, 6.45) is 4.00. The van der Waals surface area contributed by atoms with Crippen molar-refractivity contribution in [2.75, 3.05) is 7.11 Å². The number of ether oxygens (including phenoxy) is 1. The molecule has 1 aliphatic carbocycles. The Morgan fingerprint density at radius 1 is 1.29 bits per heavy atom. The van der Waals surface area contributed by atoms with Crippen LogP contribution in [0, 0.1) is 12.7 Å². The van der Waals surface area contributed by atoms with E-state index in [9.17, 15) is 14.3 Å². The summed E-state index contributed by atoms with van der Waals surface area (Å²) in [6.45, 7) is 6.07. The monoisotopic (exact) mass is 464 g/mol. The fourth-order valence-electron chi connectivity index (χ4n) is 5.50. The first kappa shape index (κ1) is 22.5. The van der Waals surface area contributed by atoms with Gasteiger partial charge in [0.15, 0.2) is 11.2 Å². The SMILES string of the molecule is CO[C@]1(C(=O)O)CC[C@H](c2c(C(C)C)n(-c3ccc(F)c(C)c3)c3cc4cn[nH]c4nc32)CC1. The number of carbonyl (C=O) groups is 1. The molecule has 34 heavy (non-hydrogen) atoms. The van der Waals surface area contributed by atoms with Gasteiger partial charge in [0.1, 0.15) is 5.82 Å². The lowest BCUT2D eigenvalue weighted by Gasteiger charge is -2.36. The molecule has 8 heteroatoms. The predicted molar refractivity (Wildman–Crippen MR) is 128 cm³/mol. The van der Waals surface area contributed by atoms with Crippen LogP contribution < -0.4 is 0 Å². The van der Waals surface area contributed by atoms with E-state index >= 15 is 0 Å². The van der Waals surface area contributed by atoms with Gasteiger partial charge in [0.05, 0.1) is 17.2 Å². The molecule has 0 radical (unpaired) electrons. The molecule has 2 N–H and O–H groups in total. The molecule has 4 aromatic rings. The number of rotatable bonds is 5. The average Bonchev–Trinajstić information content (AvgIpc) is 3.41. The number of hydrogen-bond acceptors (Lipinski definition) is 4. The number of carboxylic acids is 1. The van der Waals surface area contributed by atoms with Gasteiger partial charge in [-0.25, -0.2) is 14.2 Å². The molecule has 178 valence electrons. The van der Waals surface area contributed by atoms with Gasteiger partial charge in [-0.3, -0.25) is 5.10 Å². The maximum absolute atomic E-state index is 14.1. The molecular formula is C26H29FN4O3. The molecule has 1 aromatic carbocycles. The van der Waals surface area contributed by atoms with Crippen LogP contribution in [0.3, 0.4) is 0 Å². The Morgan fingerprint density at radius 2 is 2.03 bits per heavy atom. The highest BCUT2D eigenvalue weighted by Crippen LogP contribution is 2.46. The molecule has 1 fully saturated rings. The molecule has 0 aliphatic heterocycles. The predicted octanol–water partition coefficient (Wildman–Crippen LogP) is 5.60. The first-order valence-corrected chi connectivity index (χ1v) is 11.7. The number of pyridine rings is 1. The minimum Gasteiger partial charge on any atom is -0.479 e. The summed E-state index contributed by atoms with van der Waals surface area (Å²) in [5.74, 6) is -0.837. The van der Waals surface area contributed by atoms with E-state index in [1.54, 1.807) is 19.2 Å². The van der Waals surface area contributed by atoms with Crippen LogP contribution in [-0.2, 0) is 9.53 Å². The van der Waals surface area contributed by atoms with E-state index in [0.29, 0.717) is 36.9 Å². The third kappa shape index (κ3) is 3.39. The molecule has 0 amide bonds. The van der Waals surface area contributed by atoms with Gasteiger partial charge in [-0.15, -0.1) is 0 Å². The summed E-state index contributed by atoms with van der Waals surface area (Å²) >= 11 is 0.